The first-order chi connectivity index (χ1) is 7.15. The van der Waals surface area contributed by atoms with Gasteiger partial charge in [-0.05, 0) is 12.1 Å². The molecule has 78 valence electrons. The minimum absolute atomic E-state index is 0.276. The van der Waals surface area contributed by atoms with Crippen molar-refractivity contribution < 1.29 is 14.7 Å². The molecule has 5 heteroatoms. The van der Waals surface area contributed by atoms with E-state index in [-0.39, 0.29) is 5.91 Å². The average molecular weight is 206 g/mol. The maximum absolute atomic E-state index is 11.4. The number of hydrogen-bond donors (Lipinski definition) is 2. The Morgan fingerprint density at radius 1 is 1.53 bits per heavy atom. The summed E-state index contributed by atoms with van der Waals surface area (Å²) in [5.41, 5.74) is 0.865. The number of nitrogens with zero attached hydrogens (tertiary/aromatic N) is 1. The van der Waals surface area contributed by atoms with Gasteiger partial charge in [-0.15, -0.1) is 0 Å². The minimum atomic E-state index is -1.07. The predicted octanol–water partition coefficient (Wildman–Crippen LogP) is 0.539. The highest BCUT2D eigenvalue weighted by molar-refractivity contribution is 5.98. The monoisotopic (exact) mass is 206 g/mol. The Labute approximate surface area is 86.5 Å². The second-order valence-electron chi connectivity index (χ2n) is 2.71. The van der Waals surface area contributed by atoms with E-state index in [4.69, 9.17) is 5.11 Å². The van der Waals surface area contributed by atoms with Crippen molar-refractivity contribution in [1.82, 2.24) is 10.3 Å². The van der Waals surface area contributed by atoms with Crippen molar-refractivity contribution in [3.8, 4) is 0 Å². The topological polar surface area (TPSA) is 79.3 Å². The first kappa shape index (κ1) is 10.9. The molecule has 1 aromatic rings. The second-order valence-corrected chi connectivity index (χ2v) is 2.71. The van der Waals surface area contributed by atoms with Crippen molar-refractivity contribution in [3.05, 3.63) is 35.7 Å². The molecular weight excluding hydrogens is 196 g/mol. The summed E-state index contributed by atoms with van der Waals surface area (Å²) in [5.74, 6) is -1.34. The molecule has 0 saturated heterocycles. The van der Waals surface area contributed by atoms with Crippen LogP contribution in [0.1, 0.15) is 15.9 Å². The van der Waals surface area contributed by atoms with Gasteiger partial charge in [0.05, 0.1) is 0 Å². The first-order valence-electron chi connectivity index (χ1n) is 4.22. The molecule has 0 bridgehead atoms. The van der Waals surface area contributed by atoms with Gasteiger partial charge in [-0.25, -0.2) is 4.79 Å². The van der Waals surface area contributed by atoms with Crippen LogP contribution in [0.15, 0.2) is 24.5 Å². The van der Waals surface area contributed by atoms with Crippen LogP contribution in [-0.4, -0.2) is 29.0 Å². The van der Waals surface area contributed by atoms with Crippen LogP contribution in [0.5, 0.6) is 0 Å². The van der Waals surface area contributed by atoms with Gasteiger partial charge in [0.1, 0.15) is 0 Å². The number of carboxylic acid groups (broad SMARTS) is 1. The molecule has 2 N–H and O–H groups in total. The summed E-state index contributed by atoms with van der Waals surface area (Å²) in [7, 11) is 1.51. The van der Waals surface area contributed by atoms with Crippen LogP contribution in [0.3, 0.4) is 0 Å². The lowest BCUT2D eigenvalue weighted by Crippen LogP contribution is -2.18. The van der Waals surface area contributed by atoms with Crippen LogP contribution in [-0.2, 0) is 4.79 Å². The number of carbonyl (C=O) groups excluding carboxylic acids is 1. The van der Waals surface area contributed by atoms with Gasteiger partial charge in [0, 0.05) is 36.6 Å². The van der Waals surface area contributed by atoms with E-state index < -0.39 is 5.97 Å². The molecule has 0 aliphatic heterocycles. The highest BCUT2D eigenvalue weighted by Crippen LogP contribution is 2.08. The third kappa shape index (κ3) is 2.91. The van der Waals surface area contributed by atoms with Crippen LogP contribution in [0.25, 0.3) is 6.08 Å². The first-order valence-corrected chi connectivity index (χ1v) is 4.22. The largest absolute Gasteiger partial charge is 0.478 e. The molecule has 0 fully saturated rings. The number of aliphatic carboxylic acids is 1. The molecule has 0 unspecified atom stereocenters. The average Bonchev–Trinajstić information content (AvgIpc) is 2.25. The maximum atomic E-state index is 11.4. The lowest BCUT2D eigenvalue weighted by atomic mass is 10.1. The van der Waals surface area contributed by atoms with E-state index in [0.29, 0.717) is 11.1 Å². The molecule has 0 aromatic carbocycles. The van der Waals surface area contributed by atoms with Crippen molar-refractivity contribution >= 4 is 18.0 Å². The number of carboxylic acids is 1. The van der Waals surface area contributed by atoms with Gasteiger partial charge in [0.2, 0.25) is 0 Å². The fourth-order valence-corrected chi connectivity index (χ4v) is 1.04. The highest BCUT2D eigenvalue weighted by atomic mass is 16.4. The summed E-state index contributed by atoms with van der Waals surface area (Å²) in [6.07, 6.45) is 5.20. The Morgan fingerprint density at radius 3 is 2.87 bits per heavy atom. The van der Waals surface area contributed by atoms with Gasteiger partial charge in [-0.3, -0.25) is 9.78 Å². The van der Waals surface area contributed by atoms with Crippen molar-refractivity contribution in [1.29, 1.82) is 0 Å². The molecule has 0 aliphatic carbocycles. The molecule has 0 aliphatic rings. The van der Waals surface area contributed by atoms with E-state index in [1.54, 1.807) is 0 Å². The molecule has 0 saturated carbocycles. The van der Waals surface area contributed by atoms with Gasteiger partial charge in [0.25, 0.3) is 5.91 Å². The molecule has 1 aromatic heterocycles. The smallest absolute Gasteiger partial charge is 0.328 e. The fourth-order valence-electron chi connectivity index (χ4n) is 1.04. The van der Waals surface area contributed by atoms with Crippen molar-refractivity contribution in [2.24, 2.45) is 0 Å². The summed E-state index contributed by atoms with van der Waals surface area (Å²) in [5, 5.41) is 10.9. The van der Waals surface area contributed by atoms with Crippen LogP contribution < -0.4 is 5.32 Å². The number of aromatic nitrogens is 1. The number of carbonyl (C=O) groups is 2. The lowest BCUT2D eigenvalue weighted by Gasteiger charge is -2.02. The number of rotatable bonds is 3. The summed E-state index contributed by atoms with van der Waals surface area (Å²) in [4.78, 5) is 25.5. The van der Waals surface area contributed by atoms with Gasteiger partial charge < -0.3 is 10.4 Å². The Bertz CT molecular complexity index is 413. The van der Waals surface area contributed by atoms with E-state index in [0.717, 1.165) is 6.08 Å². The highest BCUT2D eigenvalue weighted by Gasteiger charge is 2.07. The Kier molecular flexibility index (Phi) is 3.56. The summed E-state index contributed by atoms with van der Waals surface area (Å²) in [6, 6.07) is 1.53. The standard InChI is InChI=1S/C10H10N2O3/c1-11-10(15)8-4-5-12-6-7(8)2-3-9(13)14/h2-6H,1H3,(H,11,15)(H,13,14)/b3-2+. The predicted molar refractivity (Wildman–Crippen MR) is 54.3 cm³/mol. The number of pyridine rings is 1. The van der Waals surface area contributed by atoms with E-state index in [1.165, 1.54) is 31.6 Å². The summed E-state index contributed by atoms with van der Waals surface area (Å²) < 4.78 is 0. The quantitative estimate of drug-likeness (QED) is 0.707. The van der Waals surface area contributed by atoms with E-state index >= 15 is 0 Å². The molecule has 1 heterocycles. The fraction of sp³-hybridized carbons (Fsp3) is 0.100. The molecule has 0 spiro atoms. The maximum Gasteiger partial charge on any atom is 0.328 e. The third-order valence-corrected chi connectivity index (χ3v) is 1.73. The van der Waals surface area contributed by atoms with E-state index in [1.807, 2.05) is 0 Å². The van der Waals surface area contributed by atoms with Crippen LogP contribution in [0, 0.1) is 0 Å². The SMILES string of the molecule is CNC(=O)c1ccncc1/C=C/C(=O)O. The summed E-state index contributed by atoms with van der Waals surface area (Å²) in [6.45, 7) is 0. The molecular formula is C10H10N2O3. The zero-order valence-corrected chi connectivity index (χ0v) is 8.10. The van der Waals surface area contributed by atoms with Crippen molar-refractivity contribution in [2.75, 3.05) is 7.05 Å². The van der Waals surface area contributed by atoms with Crippen molar-refractivity contribution in [2.45, 2.75) is 0 Å². The Hall–Kier alpha value is -2.17. The van der Waals surface area contributed by atoms with Gasteiger partial charge in [-0.2, -0.15) is 0 Å². The Balaban J connectivity index is 3.06. The van der Waals surface area contributed by atoms with Gasteiger partial charge >= 0.3 is 5.97 Å². The molecule has 0 atom stereocenters. The second kappa shape index (κ2) is 4.90. The normalized spacial score (nSPS) is 10.2. The molecule has 1 amide bonds. The zero-order valence-electron chi connectivity index (χ0n) is 8.10. The van der Waals surface area contributed by atoms with Gasteiger partial charge in [-0.1, -0.05) is 0 Å². The number of amides is 1. The van der Waals surface area contributed by atoms with Gasteiger partial charge in [0.15, 0.2) is 0 Å². The van der Waals surface area contributed by atoms with E-state index in [2.05, 4.69) is 10.3 Å². The summed E-state index contributed by atoms with van der Waals surface area (Å²) >= 11 is 0. The molecule has 5 nitrogen and oxygen atoms in total. The molecule has 1 rings (SSSR count). The van der Waals surface area contributed by atoms with Crippen LogP contribution in [0.4, 0.5) is 0 Å². The number of nitrogens with one attached hydrogen (secondary N) is 1. The number of hydrogen-bond acceptors (Lipinski definition) is 3. The van der Waals surface area contributed by atoms with Crippen molar-refractivity contribution in [3.63, 3.8) is 0 Å². The Morgan fingerprint density at radius 2 is 2.27 bits per heavy atom. The van der Waals surface area contributed by atoms with Crippen LogP contribution >= 0.6 is 0 Å². The van der Waals surface area contributed by atoms with E-state index in [9.17, 15) is 9.59 Å². The molecule has 0 radical (unpaired) electrons. The third-order valence-electron chi connectivity index (χ3n) is 1.73. The minimum Gasteiger partial charge on any atom is -0.478 e. The lowest BCUT2D eigenvalue weighted by molar-refractivity contribution is -0.131. The molecule has 15 heavy (non-hydrogen) atoms. The van der Waals surface area contributed by atoms with Crippen LogP contribution in [0.2, 0.25) is 0 Å². The zero-order chi connectivity index (χ0) is 11.3.